The number of aromatic nitrogens is 2. The fourth-order valence-corrected chi connectivity index (χ4v) is 4.75. The van der Waals surface area contributed by atoms with Crippen molar-refractivity contribution in [2.24, 2.45) is 5.92 Å². The summed E-state index contributed by atoms with van der Waals surface area (Å²) in [5.41, 5.74) is 1.23. The first kappa shape index (κ1) is 19.1. The summed E-state index contributed by atoms with van der Waals surface area (Å²) in [5.74, 6) is 0.882. The predicted octanol–water partition coefficient (Wildman–Crippen LogP) is 5.28. The molecule has 1 fully saturated rings. The van der Waals surface area contributed by atoms with E-state index in [9.17, 15) is 9.18 Å². The maximum absolute atomic E-state index is 13.2. The van der Waals surface area contributed by atoms with Crippen LogP contribution in [0.15, 0.2) is 24.5 Å². The molecule has 1 aromatic carbocycles. The van der Waals surface area contributed by atoms with Gasteiger partial charge in [-0.15, -0.1) is 11.3 Å². The lowest BCUT2D eigenvalue weighted by Crippen LogP contribution is -2.33. The first-order valence-corrected chi connectivity index (χ1v) is 10.4. The molecule has 0 saturated carbocycles. The summed E-state index contributed by atoms with van der Waals surface area (Å²) in [6.07, 6.45) is 3.82. The van der Waals surface area contributed by atoms with E-state index in [4.69, 9.17) is 11.6 Å². The van der Waals surface area contributed by atoms with E-state index in [1.807, 2.05) is 6.92 Å². The van der Waals surface area contributed by atoms with Crippen LogP contribution in [0.25, 0.3) is 10.2 Å². The Balaban J connectivity index is 1.68. The molecule has 146 valence electrons. The van der Waals surface area contributed by atoms with Gasteiger partial charge >= 0.3 is 0 Å². The third-order valence-corrected chi connectivity index (χ3v) is 6.69. The molecule has 5 nitrogen and oxygen atoms in total. The van der Waals surface area contributed by atoms with Crippen LogP contribution in [0.5, 0.6) is 0 Å². The van der Waals surface area contributed by atoms with Gasteiger partial charge in [-0.25, -0.2) is 14.4 Å². The molecule has 1 saturated heterocycles. The maximum Gasteiger partial charge on any atom is 0.266 e. The summed E-state index contributed by atoms with van der Waals surface area (Å²) in [5, 5.41) is 3.86. The molecule has 0 radical (unpaired) electrons. The Morgan fingerprint density at radius 2 is 2.07 bits per heavy atom. The highest BCUT2D eigenvalue weighted by molar-refractivity contribution is 7.20. The van der Waals surface area contributed by atoms with Crippen molar-refractivity contribution in [2.45, 2.75) is 26.7 Å². The normalized spacial score (nSPS) is 15.2. The number of nitrogens with zero attached hydrogens (tertiary/aromatic N) is 3. The minimum Gasteiger partial charge on any atom is -0.356 e. The van der Waals surface area contributed by atoms with Crippen LogP contribution in [-0.2, 0) is 0 Å². The molecule has 0 atom stereocenters. The van der Waals surface area contributed by atoms with Gasteiger partial charge in [0.2, 0.25) is 0 Å². The van der Waals surface area contributed by atoms with Crippen molar-refractivity contribution in [3.8, 4) is 0 Å². The Hall–Kier alpha value is -2.25. The molecular weight excluding hydrogens is 399 g/mol. The van der Waals surface area contributed by atoms with Crippen LogP contribution >= 0.6 is 22.9 Å². The Labute approximate surface area is 171 Å². The molecule has 2 aromatic heterocycles. The second kappa shape index (κ2) is 7.64. The minimum absolute atomic E-state index is 0.162. The highest BCUT2D eigenvalue weighted by Gasteiger charge is 2.24. The lowest BCUT2D eigenvalue weighted by Gasteiger charge is -2.31. The smallest absolute Gasteiger partial charge is 0.266 e. The zero-order valence-corrected chi connectivity index (χ0v) is 17.2. The minimum atomic E-state index is -0.447. The van der Waals surface area contributed by atoms with E-state index >= 15 is 0 Å². The van der Waals surface area contributed by atoms with Gasteiger partial charge in [0.1, 0.15) is 22.8 Å². The summed E-state index contributed by atoms with van der Waals surface area (Å²) < 4.78 is 13.2. The van der Waals surface area contributed by atoms with E-state index in [1.54, 1.807) is 6.33 Å². The molecule has 4 rings (SSSR count). The molecule has 8 heteroatoms. The van der Waals surface area contributed by atoms with E-state index in [1.165, 1.54) is 29.5 Å². The van der Waals surface area contributed by atoms with Gasteiger partial charge in [0.25, 0.3) is 5.91 Å². The van der Waals surface area contributed by atoms with Crippen LogP contribution in [0, 0.1) is 18.7 Å². The van der Waals surface area contributed by atoms with Crippen LogP contribution in [0.4, 0.5) is 15.9 Å². The summed E-state index contributed by atoms with van der Waals surface area (Å²) in [6.45, 7) is 6.09. The zero-order chi connectivity index (χ0) is 19.8. The Bertz CT molecular complexity index is 1050. The van der Waals surface area contributed by atoms with E-state index in [2.05, 4.69) is 27.1 Å². The zero-order valence-electron chi connectivity index (χ0n) is 15.6. The van der Waals surface area contributed by atoms with Crippen LogP contribution < -0.4 is 10.2 Å². The number of nitrogens with one attached hydrogen (secondary N) is 1. The summed E-state index contributed by atoms with van der Waals surface area (Å²) >= 11 is 7.37. The summed E-state index contributed by atoms with van der Waals surface area (Å²) in [6, 6.07) is 3.90. The average molecular weight is 419 g/mol. The average Bonchev–Trinajstić information content (AvgIpc) is 3.02. The molecule has 0 bridgehead atoms. The molecule has 3 aromatic rings. The number of fused-ring (bicyclic) bond motifs is 1. The van der Waals surface area contributed by atoms with Gasteiger partial charge in [0.05, 0.1) is 21.0 Å². The summed E-state index contributed by atoms with van der Waals surface area (Å²) in [4.78, 5) is 25.4. The molecule has 0 aliphatic carbocycles. The lowest BCUT2D eigenvalue weighted by atomic mass is 9.99. The Kier molecular flexibility index (Phi) is 5.21. The number of carbonyl (C=O) groups excluding carboxylic acids is 1. The van der Waals surface area contributed by atoms with Gasteiger partial charge in [0, 0.05) is 13.1 Å². The highest BCUT2D eigenvalue weighted by Crippen LogP contribution is 2.36. The number of rotatable bonds is 3. The van der Waals surface area contributed by atoms with Crippen molar-refractivity contribution in [1.82, 2.24) is 9.97 Å². The number of amides is 1. The van der Waals surface area contributed by atoms with Crippen molar-refractivity contribution in [3.05, 3.63) is 45.8 Å². The van der Waals surface area contributed by atoms with Crippen molar-refractivity contribution < 1.29 is 9.18 Å². The number of anilines is 2. The number of halogens is 2. The van der Waals surface area contributed by atoms with Gasteiger partial charge in [0.15, 0.2) is 0 Å². The first-order valence-electron chi connectivity index (χ1n) is 9.19. The van der Waals surface area contributed by atoms with Gasteiger partial charge in [-0.1, -0.05) is 18.5 Å². The predicted molar refractivity (Wildman–Crippen MR) is 112 cm³/mol. The van der Waals surface area contributed by atoms with Crippen LogP contribution in [0.3, 0.4) is 0 Å². The second-order valence-corrected chi connectivity index (χ2v) is 8.59. The molecule has 1 N–H and O–H groups in total. The van der Waals surface area contributed by atoms with Crippen molar-refractivity contribution in [2.75, 3.05) is 23.3 Å². The molecule has 0 spiro atoms. The number of hydrogen-bond acceptors (Lipinski definition) is 5. The van der Waals surface area contributed by atoms with Gasteiger partial charge < -0.3 is 10.2 Å². The fourth-order valence-electron chi connectivity index (χ4n) is 3.50. The maximum atomic E-state index is 13.2. The molecule has 1 amide bonds. The quantitative estimate of drug-likeness (QED) is 0.628. The van der Waals surface area contributed by atoms with E-state index in [-0.39, 0.29) is 10.9 Å². The van der Waals surface area contributed by atoms with Gasteiger partial charge in [-0.3, -0.25) is 4.79 Å². The molecule has 0 unspecified atom stereocenters. The number of hydrogen-bond donors (Lipinski definition) is 1. The molecular formula is C20H20ClFN4OS. The largest absolute Gasteiger partial charge is 0.356 e. The summed E-state index contributed by atoms with van der Waals surface area (Å²) in [7, 11) is 0. The fraction of sp³-hybridized carbons (Fsp3) is 0.350. The number of aryl methyl sites for hydroxylation is 1. The molecule has 1 aliphatic heterocycles. The Morgan fingerprint density at radius 3 is 2.79 bits per heavy atom. The topological polar surface area (TPSA) is 58.1 Å². The number of thiophene rings is 1. The number of carbonyl (C=O) groups is 1. The van der Waals surface area contributed by atoms with Gasteiger partial charge in [-0.05, 0) is 49.4 Å². The third kappa shape index (κ3) is 3.56. The van der Waals surface area contributed by atoms with E-state index in [0.717, 1.165) is 53.4 Å². The molecule has 3 heterocycles. The molecule has 1 aliphatic rings. The monoisotopic (exact) mass is 418 g/mol. The van der Waals surface area contributed by atoms with Crippen LogP contribution in [-0.4, -0.2) is 29.0 Å². The second-order valence-electron chi connectivity index (χ2n) is 7.18. The van der Waals surface area contributed by atoms with Crippen molar-refractivity contribution in [3.63, 3.8) is 0 Å². The lowest BCUT2D eigenvalue weighted by molar-refractivity contribution is 0.103. The molecule has 28 heavy (non-hydrogen) atoms. The Morgan fingerprint density at radius 1 is 1.32 bits per heavy atom. The highest BCUT2D eigenvalue weighted by atomic mass is 35.5. The standard InChI is InChI=1S/C20H20ClFN4OS/c1-11-5-7-26(8-6-11)18-16-12(2)17(28-20(16)24-10-23-18)19(27)25-15-4-3-13(22)9-14(15)21/h3-4,9-11H,5-8H2,1-2H3,(H,25,27). The third-order valence-electron chi connectivity index (χ3n) is 5.18. The number of piperidine rings is 1. The van der Waals surface area contributed by atoms with Gasteiger partial charge in [-0.2, -0.15) is 0 Å². The van der Waals surface area contributed by atoms with Crippen LogP contribution in [0.1, 0.15) is 35.0 Å². The number of benzene rings is 1. The van der Waals surface area contributed by atoms with E-state index in [0.29, 0.717) is 10.6 Å². The van der Waals surface area contributed by atoms with Crippen LogP contribution in [0.2, 0.25) is 5.02 Å². The van der Waals surface area contributed by atoms with E-state index < -0.39 is 5.82 Å². The SMILES string of the molecule is Cc1c(C(=O)Nc2ccc(F)cc2Cl)sc2ncnc(N3CCC(C)CC3)c12. The van der Waals surface area contributed by atoms with Crippen molar-refractivity contribution in [1.29, 1.82) is 0 Å². The first-order chi connectivity index (χ1) is 13.4. The van der Waals surface area contributed by atoms with Crippen molar-refractivity contribution >= 4 is 50.6 Å².